The molecule has 0 amide bonds. The van der Waals surface area contributed by atoms with Crippen molar-refractivity contribution in [1.82, 2.24) is 4.98 Å². The van der Waals surface area contributed by atoms with Gasteiger partial charge in [-0.2, -0.15) is 0 Å². The zero-order valence-electron chi connectivity index (χ0n) is 11.7. The van der Waals surface area contributed by atoms with Gasteiger partial charge in [0.1, 0.15) is 5.69 Å². The summed E-state index contributed by atoms with van der Waals surface area (Å²) in [5, 5.41) is 1.22. The van der Waals surface area contributed by atoms with Crippen LogP contribution in [0.5, 0.6) is 0 Å². The monoisotopic (exact) mass is 371 g/mol. The third-order valence-corrected chi connectivity index (χ3v) is 5.48. The highest BCUT2D eigenvalue weighted by atomic mass is 79.9. The summed E-state index contributed by atoms with van der Waals surface area (Å²) >= 11 is 3.40. The lowest BCUT2D eigenvalue weighted by molar-refractivity contribution is 0.111. The fourth-order valence-corrected chi connectivity index (χ4v) is 4.32. The lowest BCUT2D eigenvalue weighted by Gasteiger charge is -2.18. The molecule has 1 aromatic heterocycles. The van der Waals surface area contributed by atoms with Gasteiger partial charge in [0, 0.05) is 9.86 Å². The number of halogens is 1. The summed E-state index contributed by atoms with van der Waals surface area (Å²) in [7, 11) is -3.35. The number of nitrogens with zero attached hydrogens (tertiary/aromatic N) is 1. The molecule has 2 rings (SSSR count). The van der Waals surface area contributed by atoms with Gasteiger partial charge in [-0.05, 0) is 48.0 Å². The highest BCUT2D eigenvalue weighted by molar-refractivity contribution is 9.10. The Kier molecular flexibility index (Phi) is 5.27. The van der Waals surface area contributed by atoms with E-state index in [2.05, 4.69) is 20.9 Å². The van der Waals surface area contributed by atoms with Gasteiger partial charge >= 0.3 is 7.60 Å². The molecule has 0 spiro atoms. The summed E-state index contributed by atoms with van der Waals surface area (Å²) in [5.74, 6) is 0. The van der Waals surface area contributed by atoms with Crippen molar-refractivity contribution in [3.8, 4) is 0 Å². The Labute approximate surface area is 131 Å². The maximum Gasteiger partial charge on any atom is 0.361 e. The number of pyridine rings is 1. The molecule has 7 heteroatoms. The molecule has 112 valence electrons. The Morgan fingerprint density at radius 3 is 2.48 bits per heavy atom. The minimum absolute atomic E-state index is 0.287. The standard InChI is InChI=1S/C14H15BrNO4P/c1-3-19-21(18,20-4-2)12-7-10-5-6-11(9-17)16-14(10)13(15)8-12/h5-9H,3-4H2,1-2H3. The van der Waals surface area contributed by atoms with E-state index in [0.29, 0.717) is 27.3 Å². The van der Waals surface area contributed by atoms with Crippen molar-refractivity contribution in [1.29, 1.82) is 0 Å². The van der Waals surface area contributed by atoms with E-state index >= 15 is 0 Å². The zero-order valence-corrected chi connectivity index (χ0v) is 14.2. The predicted molar refractivity (Wildman–Crippen MR) is 85.3 cm³/mol. The van der Waals surface area contributed by atoms with Crippen LogP contribution >= 0.6 is 23.5 Å². The van der Waals surface area contributed by atoms with Gasteiger partial charge in [-0.25, -0.2) is 4.98 Å². The van der Waals surface area contributed by atoms with E-state index < -0.39 is 7.60 Å². The average Bonchev–Trinajstić information content (AvgIpc) is 2.47. The van der Waals surface area contributed by atoms with E-state index in [4.69, 9.17) is 9.05 Å². The van der Waals surface area contributed by atoms with Gasteiger partial charge in [-0.1, -0.05) is 6.07 Å². The van der Waals surface area contributed by atoms with Crippen molar-refractivity contribution < 1.29 is 18.4 Å². The van der Waals surface area contributed by atoms with Gasteiger partial charge in [0.2, 0.25) is 0 Å². The van der Waals surface area contributed by atoms with E-state index in [1.54, 1.807) is 38.1 Å². The zero-order chi connectivity index (χ0) is 15.5. The van der Waals surface area contributed by atoms with E-state index in [0.717, 1.165) is 5.39 Å². The molecule has 0 unspecified atom stereocenters. The van der Waals surface area contributed by atoms with E-state index in [9.17, 15) is 9.36 Å². The number of carbonyl (C=O) groups excluding carboxylic acids is 1. The van der Waals surface area contributed by atoms with Gasteiger partial charge in [0.05, 0.1) is 24.0 Å². The smallest absolute Gasteiger partial charge is 0.305 e. The highest BCUT2D eigenvalue weighted by Crippen LogP contribution is 2.47. The molecule has 0 aliphatic heterocycles. The maximum absolute atomic E-state index is 12.8. The van der Waals surface area contributed by atoms with Crippen molar-refractivity contribution >= 4 is 46.0 Å². The Balaban J connectivity index is 2.60. The first kappa shape index (κ1) is 16.3. The topological polar surface area (TPSA) is 65.5 Å². The van der Waals surface area contributed by atoms with Gasteiger partial charge in [-0.15, -0.1) is 0 Å². The van der Waals surface area contributed by atoms with Crippen molar-refractivity contribution in [2.45, 2.75) is 13.8 Å². The fraction of sp³-hybridized carbons (Fsp3) is 0.286. The molecule has 0 N–H and O–H groups in total. The first-order chi connectivity index (χ1) is 10.0. The summed E-state index contributed by atoms with van der Waals surface area (Å²) in [6.07, 6.45) is 0.686. The Hall–Kier alpha value is -1.07. The van der Waals surface area contributed by atoms with Crippen molar-refractivity contribution in [3.63, 3.8) is 0 Å². The molecule has 0 atom stereocenters. The van der Waals surface area contributed by atoms with Crippen LogP contribution in [-0.4, -0.2) is 24.5 Å². The van der Waals surface area contributed by atoms with Crippen LogP contribution in [0, 0.1) is 0 Å². The van der Waals surface area contributed by atoms with Crippen molar-refractivity contribution in [2.24, 2.45) is 0 Å². The van der Waals surface area contributed by atoms with Crippen molar-refractivity contribution in [2.75, 3.05) is 13.2 Å². The van der Waals surface area contributed by atoms with Gasteiger partial charge in [0.15, 0.2) is 6.29 Å². The van der Waals surface area contributed by atoms with Gasteiger partial charge in [-0.3, -0.25) is 9.36 Å². The van der Waals surface area contributed by atoms with Crippen LogP contribution in [0.2, 0.25) is 0 Å². The first-order valence-electron chi connectivity index (χ1n) is 6.49. The van der Waals surface area contributed by atoms with Crippen LogP contribution in [0.1, 0.15) is 24.3 Å². The fourth-order valence-electron chi connectivity index (χ4n) is 1.94. The van der Waals surface area contributed by atoms with Crippen LogP contribution in [0.3, 0.4) is 0 Å². The molecule has 0 bridgehead atoms. The number of carbonyl (C=O) groups is 1. The molecule has 1 aromatic carbocycles. The van der Waals surface area contributed by atoms with E-state index in [1.165, 1.54) is 0 Å². The van der Waals surface area contributed by atoms with Crippen LogP contribution < -0.4 is 5.30 Å². The highest BCUT2D eigenvalue weighted by Gasteiger charge is 2.27. The quantitative estimate of drug-likeness (QED) is 0.572. The Morgan fingerprint density at radius 1 is 1.24 bits per heavy atom. The molecule has 21 heavy (non-hydrogen) atoms. The summed E-state index contributed by atoms with van der Waals surface area (Å²) in [6, 6.07) is 6.74. The SMILES string of the molecule is CCOP(=O)(OCC)c1cc(Br)c2nc(C=O)ccc2c1. The number of benzene rings is 1. The largest absolute Gasteiger partial charge is 0.361 e. The maximum atomic E-state index is 12.8. The number of hydrogen-bond acceptors (Lipinski definition) is 5. The van der Waals surface area contributed by atoms with E-state index in [1.807, 2.05) is 0 Å². The minimum atomic E-state index is -3.35. The normalized spacial score (nSPS) is 11.8. The lowest BCUT2D eigenvalue weighted by atomic mass is 10.2. The minimum Gasteiger partial charge on any atom is -0.305 e. The molecule has 0 fully saturated rings. The summed E-state index contributed by atoms with van der Waals surface area (Å²) in [5.41, 5.74) is 0.969. The summed E-state index contributed by atoms with van der Waals surface area (Å²) in [4.78, 5) is 15.0. The molecule has 1 heterocycles. The molecule has 0 saturated carbocycles. The number of hydrogen-bond donors (Lipinski definition) is 0. The summed E-state index contributed by atoms with van der Waals surface area (Å²) in [6.45, 7) is 4.10. The van der Waals surface area contributed by atoms with E-state index in [-0.39, 0.29) is 13.2 Å². The molecular weight excluding hydrogens is 357 g/mol. The van der Waals surface area contributed by atoms with Crippen LogP contribution in [0.25, 0.3) is 10.9 Å². The lowest BCUT2D eigenvalue weighted by Crippen LogP contribution is -2.11. The summed E-state index contributed by atoms with van der Waals surface area (Å²) < 4.78 is 24.1. The molecule has 2 aromatic rings. The molecule has 0 radical (unpaired) electrons. The Morgan fingerprint density at radius 2 is 1.90 bits per heavy atom. The van der Waals surface area contributed by atoms with Gasteiger partial charge in [0.25, 0.3) is 0 Å². The van der Waals surface area contributed by atoms with Crippen LogP contribution in [0.15, 0.2) is 28.7 Å². The second kappa shape index (κ2) is 6.79. The van der Waals surface area contributed by atoms with Crippen molar-refractivity contribution in [3.05, 3.63) is 34.4 Å². The third kappa shape index (κ3) is 3.40. The number of aldehydes is 1. The third-order valence-electron chi connectivity index (χ3n) is 2.79. The first-order valence-corrected chi connectivity index (χ1v) is 8.82. The van der Waals surface area contributed by atoms with Crippen LogP contribution in [0.4, 0.5) is 0 Å². The average molecular weight is 372 g/mol. The Bertz CT molecular complexity index is 709. The number of rotatable bonds is 6. The second-order valence-electron chi connectivity index (χ2n) is 4.19. The molecule has 0 saturated heterocycles. The number of aromatic nitrogens is 1. The van der Waals surface area contributed by atoms with Gasteiger partial charge < -0.3 is 9.05 Å². The predicted octanol–water partition coefficient (Wildman–Crippen LogP) is 3.70. The second-order valence-corrected chi connectivity index (χ2v) is 7.07. The molecule has 0 aliphatic carbocycles. The molecule has 5 nitrogen and oxygen atoms in total. The number of fused-ring (bicyclic) bond motifs is 1. The molecular formula is C14H15BrNO4P. The van der Waals surface area contributed by atoms with Crippen LogP contribution in [-0.2, 0) is 13.6 Å². The molecule has 0 aliphatic rings.